The number of hydrogen-bond acceptors (Lipinski definition) is 3. The second-order valence-corrected chi connectivity index (χ2v) is 5.62. The van der Waals surface area contributed by atoms with Crippen LogP contribution in [-0.4, -0.2) is 17.4 Å². The van der Waals surface area contributed by atoms with Crippen molar-refractivity contribution in [1.82, 2.24) is 4.98 Å². The Balaban J connectivity index is 2.05. The molecule has 22 heavy (non-hydrogen) atoms. The number of aromatic nitrogens is 1. The van der Waals surface area contributed by atoms with Gasteiger partial charge in [0.05, 0.1) is 11.3 Å². The van der Waals surface area contributed by atoms with Gasteiger partial charge in [-0.15, -0.1) is 0 Å². The van der Waals surface area contributed by atoms with Crippen molar-refractivity contribution in [2.24, 2.45) is 0 Å². The van der Waals surface area contributed by atoms with Crippen molar-refractivity contribution in [1.29, 1.82) is 0 Å². The first-order chi connectivity index (χ1) is 10.6. The highest BCUT2D eigenvalue weighted by Gasteiger charge is 2.08. The van der Waals surface area contributed by atoms with Crippen molar-refractivity contribution in [3.8, 4) is 0 Å². The number of anilines is 2. The molecule has 0 saturated heterocycles. The Morgan fingerprint density at radius 2 is 1.86 bits per heavy atom. The van der Waals surface area contributed by atoms with E-state index in [0.717, 1.165) is 24.3 Å². The lowest BCUT2D eigenvalue weighted by molar-refractivity contribution is 0.102. The molecule has 1 heterocycles. The van der Waals surface area contributed by atoms with E-state index in [1.54, 1.807) is 12.4 Å². The Kier molecular flexibility index (Phi) is 5.53. The SMILES string of the molecule is CCCNc1cncc(C(=O)Nc2ccc(C(C)C)cc2)c1. The molecular formula is C18H23N3O. The smallest absolute Gasteiger partial charge is 0.257 e. The van der Waals surface area contributed by atoms with Gasteiger partial charge in [0.2, 0.25) is 0 Å². The zero-order valence-corrected chi connectivity index (χ0v) is 13.4. The van der Waals surface area contributed by atoms with Crippen LogP contribution in [0.15, 0.2) is 42.7 Å². The molecule has 0 unspecified atom stereocenters. The van der Waals surface area contributed by atoms with Crippen LogP contribution in [0.5, 0.6) is 0 Å². The fourth-order valence-corrected chi connectivity index (χ4v) is 2.08. The molecule has 2 aromatic rings. The summed E-state index contributed by atoms with van der Waals surface area (Å²) in [6.07, 6.45) is 4.33. The van der Waals surface area contributed by atoms with Crippen LogP contribution in [0.25, 0.3) is 0 Å². The molecule has 0 aliphatic carbocycles. The lowest BCUT2D eigenvalue weighted by atomic mass is 10.0. The third kappa shape index (κ3) is 4.32. The molecule has 4 heteroatoms. The third-order valence-corrected chi connectivity index (χ3v) is 3.41. The molecule has 0 saturated carbocycles. The largest absolute Gasteiger partial charge is 0.384 e. The van der Waals surface area contributed by atoms with E-state index in [1.807, 2.05) is 30.3 Å². The maximum absolute atomic E-state index is 12.3. The van der Waals surface area contributed by atoms with Crippen LogP contribution in [0, 0.1) is 0 Å². The normalized spacial score (nSPS) is 10.5. The fraction of sp³-hybridized carbons (Fsp3) is 0.333. The first-order valence-electron chi connectivity index (χ1n) is 7.70. The van der Waals surface area contributed by atoms with Crippen LogP contribution < -0.4 is 10.6 Å². The number of nitrogens with one attached hydrogen (secondary N) is 2. The summed E-state index contributed by atoms with van der Waals surface area (Å²) in [5.74, 6) is 0.334. The Bertz CT molecular complexity index is 620. The summed E-state index contributed by atoms with van der Waals surface area (Å²) in [5.41, 5.74) is 3.46. The van der Waals surface area contributed by atoms with Crippen molar-refractivity contribution >= 4 is 17.3 Å². The predicted molar refractivity (Wildman–Crippen MR) is 91.5 cm³/mol. The molecule has 2 N–H and O–H groups in total. The van der Waals surface area contributed by atoms with Crippen LogP contribution in [0.4, 0.5) is 11.4 Å². The minimum Gasteiger partial charge on any atom is -0.384 e. The Morgan fingerprint density at radius 3 is 2.50 bits per heavy atom. The van der Waals surface area contributed by atoms with Gasteiger partial charge in [0.15, 0.2) is 0 Å². The summed E-state index contributed by atoms with van der Waals surface area (Å²) < 4.78 is 0. The molecule has 0 atom stereocenters. The number of amides is 1. The first kappa shape index (κ1) is 16.0. The molecule has 0 aliphatic heterocycles. The van der Waals surface area contributed by atoms with Crippen LogP contribution >= 0.6 is 0 Å². The number of rotatable bonds is 6. The van der Waals surface area contributed by atoms with E-state index in [-0.39, 0.29) is 5.91 Å². The van der Waals surface area contributed by atoms with Gasteiger partial charge < -0.3 is 10.6 Å². The van der Waals surface area contributed by atoms with Crippen LogP contribution in [0.1, 0.15) is 49.0 Å². The summed E-state index contributed by atoms with van der Waals surface area (Å²) in [4.78, 5) is 16.4. The van der Waals surface area contributed by atoms with Gasteiger partial charge >= 0.3 is 0 Å². The van der Waals surface area contributed by atoms with Crippen molar-refractivity contribution < 1.29 is 4.79 Å². The van der Waals surface area contributed by atoms with Gasteiger partial charge in [0.25, 0.3) is 5.91 Å². The van der Waals surface area contributed by atoms with Gasteiger partial charge in [0.1, 0.15) is 0 Å². The second kappa shape index (κ2) is 7.59. The summed E-state index contributed by atoms with van der Waals surface area (Å²) in [6.45, 7) is 7.25. The van der Waals surface area contributed by atoms with Gasteiger partial charge in [-0.3, -0.25) is 9.78 Å². The Hall–Kier alpha value is -2.36. The molecule has 0 aliphatic rings. The summed E-state index contributed by atoms with van der Waals surface area (Å²) in [6, 6.07) is 9.76. The number of benzene rings is 1. The maximum Gasteiger partial charge on any atom is 0.257 e. The van der Waals surface area contributed by atoms with Crippen molar-refractivity contribution in [3.05, 3.63) is 53.9 Å². The van der Waals surface area contributed by atoms with E-state index >= 15 is 0 Å². The Morgan fingerprint density at radius 1 is 1.14 bits per heavy atom. The van der Waals surface area contributed by atoms with E-state index in [9.17, 15) is 4.79 Å². The number of pyridine rings is 1. The highest BCUT2D eigenvalue weighted by atomic mass is 16.1. The number of carbonyl (C=O) groups excluding carboxylic acids is 1. The molecule has 4 nitrogen and oxygen atoms in total. The quantitative estimate of drug-likeness (QED) is 0.836. The summed E-state index contributed by atoms with van der Waals surface area (Å²) in [5, 5.41) is 6.13. The van der Waals surface area contributed by atoms with E-state index in [4.69, 9.17) is 0 Å². The minimum absolute atomic E-state index is 0.148. The van der Waals surface area contributed by atoms with Gasteiger partial charge in [-0.25, -0.2) is 0 Å². The summed E-state index contributed by atoms with van der Waals surface area (Å²) in [7, 11) is 0. The molecule has 0 radical (unpaired) electrons. The molecule has 1 aromatic heterocycles. The molecule has 0 bridgehead atoms. The highest BCUT2D eigenvalue weighted by Crippen LogP contribution is 2.18. The fourth-order valence-electron chi connectivity index (χ4n) is 2.08. The lowest BCUT2D eigenvalue weighted by Crippen LogP contribution is -2.13. The molecule has 2 rings (SSSR count). The van der Waals surface area contributed by atoms with Crippen molar-refractivity contribution in [3.63, 3.8) is 0 Å². The lowest BCUT2D eigenvalue weighted by Gasteiger charge is -2.09. The van der Waals surface area contributed by atoms with Gasteiger partial charge in [0, 0.05) is 24.6 Å². The monoisotopic (exact) mass is 297 g/mol. The minimum atomic E-state index is -0.148. The number of hydrogen-bond donors (Lipinski definition) is 2. The van der Waals surface area contributed by atoms with Gasteiger partial charge in [-0.2, -0.15) is 0 Å². The van der Waals surface area contributed by atoms with Gasteiger partial charge in [-0.1, -0.05) is 32.9 Å². The molecule has 1 amide bonds. The van der Waals surface area contributed by atoms with Gasteiger partial charge in [-0.05, 0) is 36.1 Å². The third-order valence-electron chi connectivity index (χ3n) is 3.41. The second-order valence-electron chi connectivity index (χ2n) is 5.62. The zero-order valence-electron chi connectivity index (χ0n) is 13.4. The van der Waals surface area contributed by atoms with Crippen molar-refractivity contribution in [2.45, 2.75) is 33.1 Å². The molecule has 116 valence electrons. The average Bonchev–Trinajstić information content (AvgIpc) is 2.53. The van der Waals surface area contributed by atoms with Crippen LogP contribution in [0.2, 0.25) is 0 Å². The number of nitrogens with zero attached hydrogens (tertiary/aromatic N) is 1. The highest BCUT2D eigenvalue weighted by molar-refractivity contribution is 6.04. The Labute approximate surface area is 132 Å². The maximum atomic E-state index is 12.3. The molecule has 0 fully saturated rings. The van der Waals surface area contributed by atoms with E-state index < -0.39 is 0 Å². The molecule has 0 spiro atoms. The predicted octanol–water partition coefficient (Wildman–Crippen LogP) is 4.28. The van der Waals surface area contributed by atoms with Crippen molar-refractivity contribution in [2.75, 3.05) is 17.2 Å². The first-order valence-corrected chi connectivity index (χ1v) is 7.70. The number of carbonyl (C=O) groups is 1. The summed E-state index contributed by atoms with van der Waals surface area (Å²) >= 11 is 0. The topological polar surface area (TPSA) is 54.0 Å². The average molecular weight is 297 g/mol. The van der Waals surface area contributed by atoms with E-state index in [2.05, 4.69) is 36.4 Å². The van der Waals surface area contributed by atoms with E-state index in [0.29, 0.717) is 11.5 Å². The van der Waals surface area contributed by atoms with Crippen LogP contribution in [-0.2, 0) is 0 Å². The molecular weight excluding hydrogens is 274 g/mol. The standard InChI is InChI=1S/C18H23N3O/c1-4-9-20-17-10-15(11-19-12-17)18(22)21-16-7-5-14(6-8-16)13(2)3/h5-8,10-13,20H,4,9H2,1-3H3,(H,21,22). The van der Waals surface area contributed by atoms with Crippen LogP contribution in [0.3, 0.4) is 0 Å². The molecule has 1 aromatic carbocycles. The zero-order chi connectivity index (χ0) is 15.9. The van der Waals surface area contributed by atoms with E-state index in [1.165, 1.54) is 5.56 Å².